The van der Waals surface area contributed by atoms with Gasteiger partial charge in [0.15, 0.2) is 0 Å². The maximum Gasteiger partial charge on any atom is 0.411 e. The molecule has 4 aliphatic carbocycles. The summed E-state index contributed by atoms with van der Waals surface area (Å²) in [5.41, 5.74) is 2.39. The summed E-state index contributed by atoms with van der Waals surface area (Å²) in [6.45, 7) is 2.08. The SMILES string of the molecule is CC1(C(=O)NCC(NC(=O)CCC(=O)O)c2ccccc2)Cc2c([nH]c3ccccc23)CN1C(=O)OC1C2CC3CC(C2)CC1C3. The van der Waals surface area contributed by atoms with E-state index in [4.69, 9.17) is 9.84 Å². The Hall–Kier alpha value is -4.34. The molecule has 2 atom stereocenters. The minimum atomic E-state index is -1.25. The van der Waals surface area contributed by atoms with Crippen LogP contribution in [0.3, 0.4) is 0 Å². The number of nitrogens with one attached hydrogen (secondary N) is 3. The van der Waals surface area contributed by atoms with Gasteiger partial charge in [0.2, 0.25) is 11.8 Å². The number of aliphatic carboxylic acids is 1. The maximum absolute atomic E-state index is 14.3. The van der Waals surface area contributed by atoms with Crippen molar-refractivity contribution in [2.24, 2.45) is 23.7 Å². The third kappa shape index (κ3) is 5.74. The molecule has 3 aromatic rings. The summed E-state index contributed by atoms with van der Waals surface area (Å²) in [6, 6.07) is 16.6. The Bertz CT molecular complexity index is 1620. The lowest BCUT2D eigenvalue weighted by molar-refractivity contribution is -0.138. The Morgan fingerprint density at radius 3 is 2.33 bits per heavy atom. The number of aromatic nitrogens is 1. The van der Waals surface area contributed by atoms with Crippen molar-refractivity contribution in [2.45, 2.75) is 82.5 Å². The van der Waals surface area contributed by atoms with Crippen LogP contribution in [-0.2, 0) is 32.1 Å². The third-order valence-electron chi connectivity index (χ3n) is 11.0. The van der Waals surface area contributed by atoms with Crippen LogP contribution < -0.4 is 10.6 Å². The van der Waals surface area contributed by atoms with Gasteiger partial charge in [-0.05, 0) is 79.9 Å². The highest BCUT2D eigenvalue weighted by Crippen LogP contribution is 2.55. The summed E-state index contributed by atoms with van der Waals surface area (Å²) in [7, 11) is 0. The number of ether oxygens (including phenoxy) is 1. The van der Waals surface area contributed by atoms with Crippen LogP contribution in [0.5, 0.6) is 0 Å². The quantitative estimate of drug-likeness (QED) is 0.261. The molecule has 0 saturated heterocycles. The molecule has 2 unspecified atom stereocenters. The molecule has 46 heavy (non-hydrogen) atoms. The van der Waals surface area contributed by atoms with Crippen molar-refractivity contribution < 1.29 is 29.0 Å². The van der Waals surface area contributed by atoms with Crippen LogP contribution in [0.15, 0.2) is 54.6 Å². The molecule has 2 aromatic carbocycles. The smallest absolute Gasteiger partial charge is 0.411 e. The number of carboxylic acids is 1. The number of carbonyl (C=O) groups is 4. The zero-order chi connectivity index (χ0) is 32.0. The van der Waals surface area contributed by atoms with Gasteiger partial charge >= 0.3 is 12.1 Å². The summed E-state index contributed by atoms with van der Waals surface area (Å²) < 4.78 is 6.38. The van der Waals surface area contributed by atoms with E-state index in [0.29, 0.717) is 18.3 Å². The third-order valence-corrected chi connectivity index (χ3v) is 11.0. The van der Waals surface area contributed by atoms with E-state index in [1.54, 1.807) is 11.8 Å². The highest BCUT2D eigenvalue weighted by molar-refractivity contribution is 5.93. The first-order valence-electron chi connectivity index (χ1n) is 16.6. The fourth-order valence-corrected chi connectivity index (χ4v) is 8.89. The van der Waals surface area contributed by atoms with E-state index in [9.17, 15) is 19.2 Å². The molecular weight excluding hydrogens is 584 g/mol. The topological polar surface area (TPSA) is 141 Å². The summed E-state index contributed by atoms with van der Waals surface area (Å²) >= 11 is 0. The van der Waals surface area contributed by atoms with Crippen LogP contribution in [0.25, 0.3) is 10.9 Å². The number of fused-ring (bicyclic) bond motifs is 3. The first-order chi connectivity index (χ1) is 22.2. The van der Waals surface area contributed by atoms with Crippen molar-refractivity contribution in [3.05, 3.63) is 71.4 Å². The minimum Gasteiger partial charge on any atom is -0.481 e. The summed E-state index contributed by atoms with van der Waals surface area (Å²) in [5, 5.41) is 16.0. The van der Waals surface area contributed by atoms with Crippen LogP contribution in [0, 0.1) is 23.7 Å². The van der Waals surface area contributed by atoms with E-state index >= 15 is 0 Å². The average molecular weight is 627 g/mol. The normalized spacial score (nSPS) is 28.4. The molecule has 10 heteroatoms. The van der Waals surface area contributed by atoms with Crippen molar-refractivity contribution in [3.8, 4) is 0 Å². The Balaban J connectivity index is 1.14. The zero-order valence-electron chi connectivity index (χ0n) is 26.2. The van der Waals surface area contributed by atoms with Crippen LogP contribution in [0.2, 0.25) is 0 Å². The molecule has 8 rings (SSSR count). The van der Waals surface area contributed by atoms with Gasteiger partial charge in [-0.1, -0.05) is 48.5 Å². The Morgan fingerprint density at radius 1 is 0.957 bits per heavy atom. The maximum atomic E-state index is 14.3. The number of hydrogen-bond donors (Lipinski definition) is 4. The number of carbonyl (C=O) groups excluding carboxylic acids is 3. The summed E-state index contributed by atoms with van der Waals surface area (Å²) in [6.07, 6.45) is 5.07. The molecule has 10 nitrogen and oxygen atoms in total. The van der Waals surface area contributed by atoms with Gasteiger partial charge in [-0.15, -0.1) is 0 Å². The van der Waals surface area contributed by atoms with Gasteiger partial charge in [-0.2, -0.15) is 0 Å². The minimum absolute atomic E-state index is 0.0659. The van der Waals surface area contributed by atoms with Gasteiger partial charge in [0, 0.05) is 36.0 Å². The second-order valence-corrected chi connectivity index (χ2v) is 14.1. The predicted molar refractivity (Wildman–Crippen MR) is 170 cm³/mol. The van der Waals surface area contributed by atoms with Crippen LogP contribution in [0.4, 0.5) is 4.79 Å². The number of amides is 3. The fraction of sp³-hybridized carbons (Fsp3) is 0.500. The van der Waals surface area contributed by atoms with Crippen molar-refractivity contribution in [1.82, 2.24) is 20.5 Å². The summed E-state index contributed by atoms with van der Waals surface area (Å²) in [4.78, 5) is 57.2. The van der Waals surface area contributed by atoms with Crippen molar-refractivity contribution in [2.75, 3.05) is 6.54 Å². The number of carboxylic acid groups (broad SMARTS) is 1. The largest absolute Gasteiger partial charge is 0.481 e. The summed E-state index contributed by atoms with van der Waals surface area (Å²) in [5.74, 6) is 0.474. The molecule has 1 aromatic heterocycles. The molecular formula is C36H42N4O6. The van der Waals surface area contributed by atoms with Gasteiger partial charge in [0.1, 0.15) is 11.6 Å². The second-order valence-electron chi connectivity index (χ2n) is 14.1. The first-order valence-corrected chi connectivity index (χ1v) is 16.6. The average Bonchev–Trinajstić information content (AvgIpc) is 3.40. The molecule has 1 aliphatic heterocycles. The number of para-hydroxylation sites is 1. The van der Waals surface area contributed by atoms with Crippen molar-refractivity contribution in [3.63, 3.8) is 0 Å². The van der Waals surface area contributed by atoms with E-state index < -0.39 is 29.6 Å². The van der Waals surface area contributed by atoms with Gasteiger partial charge in [-0.25, -0.2) is 4.79 Å². The molecule has 3 amide bonds. The molecule has 242 valence electrons. The molecule has 2 heterocycles. The van der Waals surface area contributed by atoms with Gasteiger partial charge in [0.05, 0.1) is 19.0 Å². The Kier molecular flexibility index (Phi) is 7.98. The molecule has 4 bridgehead atoms. The lowest BCUT2D eigenvalue weighted by atomic mass is 9.55. The lowest BCUT2D eigenvalue weighted by Gasteiger charge is -2.54. The predicted octanol–water partition coefficient (Wildman–Crippen LogP) is 5.08. The first kappa shape index (κ1) is 30.3. The molecule has 0 radical (unpaired) electrons. The zero-order valence-corrected chi connectivity index (χ0v) is 26.2. The number of nitrogens with zero attached hydrogens (tertiary/aromatic N) is 1. The number of rotatable bonds is 9. The van der Waals surface area contributed by atoms with E-state index in [2.05, 4.69) is 15.6 Å². The lowest BCUT2D eigenvalue weighted by Crippen LogP contribution is -2.63. The van der Waals surface area contributed by atoms with Gasteiger partial charge in [-0.3, -0.25) is 19.3 Å². The van der Waals surface area contributed by atoms with Crippen LogP contribution in [0.1, 0.15) is 74.7 Å². The highest BCUT2D eigenvalue weighted by Gasteiger charge is 2.52. The second kappa shape index (κ2) is 12.1. The number of H-pyrrole nitrogens is 1. The molecule has 4 N–H and O–H groups in total. The molecule has 4 fully saturated rings. The van der Waals surface area contributed by atoms with Crippen LogP contribution in [-0.4, -0.2) is 57.1 Å². The van der Waals surface area contributed by atoms with E-state index in [1.165, 1.54) is 6.42 Å². The fourth-order valence-electron chi connectivity index (χ4n) is 8.89. The molecule has 0 spiro atoms. The molecule has 5 aliphatic rings. The van der Waals surface area contributed by atoms with E-state index in [0.717, 1.165) is 65.2 Å². The van der Waals surface area contributed by atoms with E-state index in [1.807, 2.05) is 54.6 Å². The highest BCUT2D eigenvalue weighted by atomic mass is 16.6. The Labute approximate surface area is 268 Å². The van der Waals surface area contributed by atoms with Crippen molar-refractivity contribution >= 4 is 34.8 Å². The van der Waals surface area contributed by atoms with E-state index in [-0.39, 0.29) is 37.9 Å². The van der Waals surface area contributed by atoms with Crippen LogP contribution >= 0.6 is 0 Å². The number of hydrogen-bond acceptors (Lipinski definition) is 5. The monoisotopic (exact) mass is 626 g/mol. The molecule has 4 saturated carbocycles. The number of benzene rings is 2. The van der Waals surface area contributed by atoms with Crippen molar-refractivity contribution in [1.29, 1.82) is 0 Å². The standard InChI is InChI=1S/C36H42N4O6/c1-36(34(44)37-19-29(23-7-3-2-4-8-23)39-31(41)11-12-32(42)43)18-27-26-9-5-6-10-28(26)38-30(27)20-40(36)35(45)46-33-24-14-21-13-22(16-24)17-25(33)15-21/h2-10,21-22,24-25,29,33,38H,11-20H2,1H3,(H,37,44)(H,39,41)(H,42,43). The Morgan fingerprint density at radius 2 is 1.63 bits per heavy atom. The number of aromatic amines is 1. The van der Waals surface area contributed by atoms with Gasteiger partial charge in [0.25, 0.3) is 0 Å². The van der Waals surface area contributed by atoms with Gasteiger partial charge < -0.3 is 25.5 Å².